The highest BCUT2D eigenvalue weighted by atomic mass is 35.5. The molecular formula is C15H15ClN2O4. The minimum absolute atomic E-state index is 0.0183. The molecule has 0 saturated heterocycles. The van der Waals surface area contributed by atoms with Crippen LogP contribution in [0.25, 0.3) is 11.3 Å². The molecule has 0 radical (unpaired) electrons. The summed E-state index contributed by atoms with van der Waals surface area (Å²) in [5.74, 6) is -0.917. The number of nitrogens with zero attached hydrogens (tertiary/aromatic N) is 1. The number of anilines is 1. The van der Waals surface area contributed by atoms with Crippen LogP contribution in [0.15, 0.2) is 28.8 Å². The number of rotatable bonds is 5. The number of hydrogen-bond donors (Lipinski definition) is 1. The summed E-state index contributed by atoms with van der Waals surface area (Å²) in [6.45, 7) is 3.58. The van der Waals surface area contributed by atoms with Gasteiger partial charge in [0.1, 0.15) is 5.69 Å². The molecule has 0 fully saturated rings. The fraction of sp³-hybridized carbons (Fsp3) is 0.267. The van der Waals surface area contributed by atoms with Crippen LogP contribution in [-0.2, 0) is 9.53 Å². The normalized spacial score (nSPS) is 10.3. The number of carbonyl (C=O) groups excluding carboxylic acids is 2. The Morgan fingerprint density at radius 1 is 1.27 bits per heavy atom. The molecule has 7 heteroatoms. The zero-order chi connectivity index (χ0) is 16.1. The molecule has 116 valence electrons. The van der Waals surface area contributed by atoms with E-state index in [9.17, 15) is 9.59 Å². The van der Waals surface area contributed by atoms with Gasteiger partial charge in [0.2, 0.25) is 11.8 Å². The zero-order valence-corrected chi connectivity index (χ0v) is 12.9. The van der Waals surface area contributed by atoms with E-state index in [4.69, 9.17) is 20.9 Å². The number of benzene rings is 1. The molecule has 1 aromatic carbocycles. The number of aromatic nitrogens is 1. The largest absolute Gasteiger partial charge is 0.462 e. The predicted octanol–water partition coefficient (Wildman–Crippen LogP) is 3.52. The Morgan fingerprint density at radius 3 is 2.55 bits per heavy atom. The van der Waals surface area contributed by atoms with E-state index in [0.29, 0.717) is 16.3 Å². The molecular weight excluding hydrogens is 308 g/mol. The molecule has 6 nitrogen and oxygen atoms in total. The second-order valence-electron chi connectivity index (χ2n) is 4.36. The van der Waals surface area contributed by atoms with E-state index in [-0.39, 0.29) is 30.4 Å². The number of ether oxygens (including phenoxy) is 1. The van der Waals surface area contributed by atoms with Gasteiger partial charge in [-0.05, 0) is 19.1 Å². The molecule has 1 amide bonds. The van der Waals surface area contributed by atoms with Crippen LogP contribution in [0, 0.1) is 0 Å². The predicted molar refractivity (Wildman–Crippen MR) is 81.8 cm³/mol. The van der Waals surface area contributed by atoms with Gasteiger partial charge in [0.25, 0.3) is 0 Å². The number of nitrogens with one attached hydrogen (secondary N) is 1. The third-order valence-electron chi connectivity index (χ3n) is 2.86. The highest BCUT2D eigenvalue weighted by Gasteiger charge is 2.26. The monoisotopic (exact) mass is 322 g/mol. The Hall–Kier alpha value is -2.34. The Bertz CT molecular complexity index is 679. The smallest absolute Gasteiger partial charge is 0.346 e. The van der Waals surface area contributed by atoms with Gasteiger partial charge in [-0.15, -0.1) is 0 Å². The Kier molecular flexibility index (Phi) is 5.16. The summed E-state index contributed by atoms with van der Waals surface area (Å²) in [7, 11) is 0. The average Bonchev–Trinajstić information content (AvgIpc) is 2.91. The highest BCUT2D eigenvalue weighted by molar-refractivity contribution is 6.30. The molecule has 0 spiro atoms. The van der Waals surface area contributed by atoms with Crippen LogP contribution in [0.3, 0.4) is 0 Å². The zero-order valence-electron chi connectivity index (χ0n) is 12.2. The first kappa shape index (κ1) is 16.0. The topological polar surface area (TPSA) is 81.4 Å². The van der Waals surface area contributed by atoms with Gasteiger partial charge in [-0.3, -0.25) is 10.1 Å². The maximum Gasteiger partial charge on any atom is 0.346 e. The van der Waals surface area contributed by atoms with Crippen LogP contribution in [0.5, 0.6) is 0 Å². The number of carbonyl (C=O) groups is 2. The van der Waals surface area contributed by atoms with Gasteiger partial charge in [0.05, 0.1) is 6.61 Å². The summed E-state index contributed by atoms with van der Waals surface area (Å²) < 4.78 is 10.1. The number of esters is 1. The first-order valence-electron chi connectivity index (χ1n) is 6.79. The van der Waals surface area contributed by atoms with Crippen molar-refractivity contribution in [2.75, 3.05) is 11.9 Å². The quantitative estimate of drug-likeness (QED) is 0.852. The molecule has 1 heterocycles. The standard InChI is InChI=1S/C15H15ClN2O4/c1-3-11(19)17-14-12(15(20)21-4-2)13(18-22-14)9-5-7-10(16)8-6-9/h5-8H,3-4H2,1-2H3,(H,17,19). The minimum atomic E-state index is -0.611. The molecule has 0 aliphatic carbocycles. The molecule has 0 aliphatic rings. The summed E-state index contributed by atoms with van der Waals surface area (Å²) in [6, 6.07) is 6.75. The summed E-state index contributed by atoms with van der Waals surface area (Å²) in [6.07, 6.45) is 0.249. The summed E-state index contributed by atoms with van der Waals surface area (Å²) in [4.78, 5) is 23.7. The van der Waals surface area contributed by atoms with E-state index in [2.05, 4.69) is 10.5 Å². The van der Waals surface area contributed by atoms with Crippen molar-refractivity contribution in [2.45, 2.75) is 20.3 Å². The summed E-state index contributed by atoms with van der Waals surface area (Å²) >= 11 is 5.85. The number of halogens is 1. The van der Waals surface area contributed by atoms with Crippen LogP contribution in [0.2, 0.25) is 5.02 Å². The molecule has 0 bridgehead atoms. The molecule has 0 unspecified atom stereocenters. The van der Waals surface area contributed by atoms with E-state index >= 15 is 0 Å². The van der Waals surface area contributed by atoms with Crippen LogP contribution in [0.4, 0.5) is 5.88 Å². The maximum atomic E-state index is 12.2. The Labute approximate surface area is 132 Å². The third-order valence-corrected chi connectivity index (χ3v) is 3.12. The summed E-state index contributed by atoms with van der Waals surface area (Å²) in [5, 5.41) is 6.94. The van der Waals surface area contributed by atoms with Gasteiger partial charge >= 0.3 is 5.97 Å². The van der Waals surface area contributed by atoms with Crippen molar-refractivity contribution in [3.05, 3.63) is 34.9 Å². The third kappa shape index (κ3) is 3.46. The van der Waals surface area contributed by atoms with Gasteiger partial charge in [0, 0.05) is 17.0 Å². The number of hydrogen-bond acceptors (Lipinski definition) is 5. The van der Waals surface area contributed by atoms with Gasteiger partial charge in [0.15, 0.2) is 5.56 Å². The summed E-state index contributed by atoms with van der Waals surface area (Å²) in [5.41, 5.74) is 1.01. The Balaban J connectivity index is 2.47. The van der Waals surface area contributed by atoms with Gasteiger partial charge < -0.3 is 9.26 Å². The lowest BCUT2D eigenvalue weighted by molar-refractivity contribution is -0.116. The number of amides is 1. The molecule has 0 atom stereocenters. The van der Waals surface area contributed by atoms with Crippen molar-refractivity contribution >= 4 is 29.4 Å². The van der Waals surface area contributed by atoms with Crippen LogP contribution in [-0.4, -0.2) is 23.6 Å². The first-order chi connectivity index (χ1) is 10.6. The van der Waals surface area contributed by atoms with Crippen molar-refractivity contribution in [3.8, 4) is 11.3 Å². The first-order valence-corrected chi connectivity index (χ1v) is 7.17. The van der Waals surface area contributed by atoms with Crippen molar-refractivity contribution < 1.29 is 18.8 Å². The molecule has 2 aromatic rings. The van der Waals surface area contributed by atoms with E-state index in [1.165, 1.54) is 0 Å². The lowest BCUT2D eigenvalue weighted by Gasteiger charge is -2.05. The van der Waals surface area contributed by atoms with E-state index in [1.54, 1.807) is 38.1 Å². The van der Waals surface area contributed by atoms with Crippen molar-refractivity contribution in [3.63, 3.8) is 0 Å². The average molecular weight is 323 g/mol. The second kappa shape index (κ2) is 7.09. The lowest BCUT2D eigenvalue weighted by Crippen LogP contribution is -2.13. The van der Waals surface area contributed by atoms with Gasteiger partial charge in [-0.1, -0.05) is 35.8 Å². The minimum Gasteiger partial charge on any atom is -0.462 e. The molecule has 2 rings (SSSR count). The van der Waals surface area contributed by atoms with Crippen molar-refractivity contribution in [1.29, 1.82) is 0 Å². The highest BCUT2D eigenvalue weighted by Crippen LogP contribution is 2.30. The van der Waals surface area contributed by atoms with Gasteiger partial charge in [-0.25, -0.2) is 4.79 Å². The van der Waals surface area contributed by atoms with Gasteiger partial charge in [-0.2, -0.15) is 0 Å². The fourth-order valence-corrected chi connectivity index (χ4v) is 1.91. The molecule has 22 heavy (non-hydrogen) atoms. The van der Waals surface area contributed by atoms with Crippen LogP contribution < -0.4 is 5.32 Å². The lowest BCUT2D eigenvalue weighted by atomic mass is 10.1. The van der Waals surface area contributed by atoms with Crippen LogP contribution >= 0.6 is 11.6 Å². The molecule has 1 aromatic heterocycles. The van der Waals surface area contributed by atoms with E-state index < -0.39 is 5.97 Å². The van der Waals surface area contributed by atoms with E-state index in [1.807, 2.05) is 0 Å². The van der Waals surface area contributed by atoms with Crippen LogP contribution in [0.1, 0.15) is 30.6 Å². The van der Waals surface area contributed by atoms with E-state index in [0.717, 1.165) is 0 Å². The Morgan fingerprint density at radius 2 is 1.95 bits per heavy atom. The second-order valence-corrected chi connectivity index (χ2v) is 4.80. The molecule has 1 N–H and O–H groups in total. The van der Waals surface area contributed by atoms with Crippen molar-refractivity contribution in [2.24, 2.45) is 0 Å². The SMILES string of the molecule is CCOC(=O)c1c(-c2ccc(Cl)cc2)noc1NC(=O)CC. The molecule has 0 saturated carbocycles. The van der Waals surface area contributed by atoms with Crippen molar-refractivity contribution in [1.82, 2.24) is 5.16 Å². The molecule has 0 aliphatic heterocycles. The maximum absolute atomic E-state index is 12.2. The fourth-order valence-electron chi connectivity index (χ4n) is 1.79.